The molecule has 0 aromatic heterocycles. The van der Waals surface area contributed by atoms with Crippen LogP contribution in [0.1, 0.15) is 440 Å². The quantitative estimate of drug-likeness (QED) is 0.0222. The average molecular weight is 1510 g/mol. The molecule has 0 fully saturated rings. The molecule has 0 spiro atoms. The topological polar surface area (TPSA) is 237 Å². The van der Waals surface area contributed by atoms with Gasteiger partial charge in [0.2, 0.25) is 0 Å². The van der Waals surface area contributed by atoms with Crippen molar-refractivity contribution < 1.29 is 80.2 Å². The third-order valence-electron chi connectivity index (χ3n) is 20.4. The van der Waals surface area contributed by atoms with Crippen LogP contribution in [0.2, 0.25) is 0 Å². The van der Waals surface area contributed by atoms with E-state index in [2.05, 4.69) is 48.5 Å². The number of carbonyl (C=O) groups excluding carboxylic acids is 4. The fourth-order valence-corrected chi connectivity index (χ4v) is 14.5. The van der Waals surface area contributed by atoms with Gasteiger partial charge in [-0.15, -0.1) is 0 Å². The predicted molar refractivity (Wildman–Crippen MR) is 423 cm³/mol. The molecule has 0 aromatic rings. The number of hydrogen-bond donors (Lipinski definition) is 3. The van der Waals surface area contributed by atoms with Gasteiger partial charge in [0, 0.05) is 25.7 Å². The Balaban J connectivity index is 5.24. The number of esters is 4. The molecule has 0 bridgehead atoms. The molecule has 0 aliphatic rings. The first-order valence-electron chi connectivity index (χ1n) is 43.4. The third-order valence-corrected chi connectivity index (χ3v) is 22.3. The number of hydrogen-bond acceptors (Lipinski definition) is 15. The van der Waals surface area contributed by atoms with Crippen LogP contribution in [0.5, 0.6) is 0 Å². The summed E-state index contributed by atoms with van der Waals surface area (Å²) >= 11 is 0. The Morgan fingerprint density at radius 2 is 0.495 bits per heavy atom. The predicted octanol–water partition coefficient (Wildman–Crippen LogP) is 25.3. The molecule has 17 nitrogen and oxygen atoms in total. The number of aliphatic hydroxyl groups excluding tert-OH is 1. The number of unbranched alkanes of at least 4 members (excludes halogenated alkanes) is 48. The molecule has 103 heavy (non-hydrogen) atoms. The van der Waals surface area contributed by atoms with Crippen LogP contribution in [-0.4, -0.2) is 96.7 Å². The molecule has 0 aromatic carbocycles. The molecule has 0 heterocycles. The first kappa shape index (κ1) is 101. The molecule has 0 aliphatic heterocycles. The van der Waals surface area contributed by atoms with Crippen LogP contribution < -0.4 is 0 Å². The number of ether oxygens (including phenoxy) is 4. The smallest absolute Gasteiger partial charge is 0.462 e. The Bertz CT molecular complexity index is 2000. The van der Waals surface area contributed by atoms with Crippen molar-refractivity contribution in [3.05, 3.63) is 0 Å². The zero-order chi connectivity index (χ0) is 75.8. The Morgan fingerprint density at radius 1 is 0.282 bits per heavy atom. The van der Waals surface area contributed by atoms with Gasteiger partial charge in [0.05, 0.1) is 26.4 Å². The van der Waals surface area contributed by atoms with Crippen LogP contribution in [0.4, 0.5) is 0 Å². The van der Waals surface area contributed by atoms with Crippen LogP contribution in [-0.2, 0) is 65.4 Å². The number of carbonyl (C=O) groups is 4. The summed E-state index contributed by atoms with van der Waals surface area (Å²) in [7, 11) is -9.93. The summed E-state index contributed by atoms with van der Waals surface area (Å²) in [5, 5.41) is 10.7. The summed E-state index contributed by atoms with van der Waals surface area (Å²) in [6.07, 6.45) is 63.8. The largest absolute Gasteiger partial charge is 0.472 e. The zero-order valence-electron chi connectivity index (χ0n) is 67.8. The van der Waals surface area contributed by atoms with Crippen molar-refractivity contribution in [2.75, 3.05) is 39.6 Å². The van der Waals surface area contributed by atoms with Gasteiger partial charge in [-0.2, -0.15) is 0 Å². The number of phosphoric ester groups is 2. The molecule has 4 unspecified atom stereocenters. The van der Waals surface area contributed by atoms with Crippen molar-refractivity contribution in [1.29, 1.82) is 0 Å². The van der Waals surface area contributed by atoms with E-state index in [1.807, 2.05) is 0 Å². The molecule has 0 amide bonds. The first-order chi connectivity index (χ1) is 49.8. The number of rotatable bonds is 82. The molecular formula is C84H164O17P2. The molecular weight excluding hydrogens is 1340 g/mol. The van der Waals surface area contributed by atoms with Gasteiger partial charge in [-0.1, -0.05) is 389 Å². The highest BCUT2D eigenvalue weighted by Gasteiger charge is 2.30. The monoisotopic (exact) mass is 1510 g/mol. The van der Waals surface area contributed by atoms with Crippen molar-refractivity contribution in [2.24, 2.45) is 17.8 Å². The van der Waals surface area contributed by atoms with E-state index in [0.29, 0.717) is 25.7 Å². The summed E-state index contributed by atoms with van der Waals surface area (Å²) in [6, 6.07) is 0. The van der Waals surface area contributed by atoms with Crippen molar-refractivity contribution in [3.63, 3.8) is 0 Å². The molecule has 0 saturated heterocycles. The lowest BCUT2D eigenvalue weighted by Crippen LogP contribution is -2.30. The van der Waals surface area contributed by atoms with E-state index in [1.54, 1.807) is 0 Å². The Labute approximate surface area is 632 Å². The molecule has 19 heteroatoms. The van der Waals surface area contributed by atoms with E-state index in [0.717, 1.165) is 114 Å². The van der Waals surface area contributed by atoms with Crippen LogP contribution in [0, 0.1) is 17.8 Å². The fraction of sp³-hybridized carbons (Fsp3) is 0.952. The summed E-state index contributed by atoms with van der Waals surface area (Å²) in [4.78, 5) is 73.1. The second kappa shape index (κ2) is 74.2. The highest BCUT2D eigenvalue weighted by molar-refractivity contribution is 7.47. The number of aliphatic hydroxyl groups is 1. The van der Waals surface area contributed by atoms with Gasteiger partial charge in [0.1, 0.15) is 19.3 Å². The first-order valence-corrected chi connectivity index (χ1v) is 46.4. The maximum Gasteiger partial charge on any atom is 0.472 e. The van der Waals surface area contributed by atoms with E-state index >= 15 is 0 Å². The van der Waals surface area contributed by atoms with Crippen molar-refractivity contribution in [2.45, 2.75) is 458 Å². The SMILES string of the molecule is CCCCCCCCCCCCCCCCCCCCCCC(=O)O[C@H](COC(=O)CCCCCCCCCCCCCCCCC(C)CC)COP(=O)(O)OC[C@@H](O)COP(=O)(O)OC[C@@H](COC(=O)CCCCCCCCC(C)CC)OC(=O)CCCCCCCCCCCCCCC(C)C. The lowest BCUT2D eigenvalue weighted by molar-refractivity contribution is -0.161. The van der Waals surface area contributed by atoms with Crippen LogP contribution in [0.25, 0.3) is 0 Å². The Morgan fingerprint density at radius 3 is 0.738 bits per heavy atom. The summed E-state index contributed by atoms with van der Waals surface area (Å²) in [5.41, 5.74) is 0. The Kier molecular flexibility index (Phi) is 72.8. The summed E-state index contributed by atoms with van der Waals surface area (Å²) in [6.45, 7) is 12.0. The van der Waals surface area contributed by atoms with Crippen LogP contribution in [0.3, 0.4) is 0 Å². The maximum atomic E-state index is 13.1. The molecule has 3 N–H and O–H groups in total. The molecule has 0 aliphatic carbocycles. The van der Waals surface area contributed by atoms with Gasteiger partial charge in [-0.25, -0.2) is 9.13 Å². The highest BCUT2D eigenvalue weighted by Crippen LogP contribution is 2.45. The minimum atomic E-state index is -4.97. The van der Waals surface area contributed by atoms with E-state index in [4.69, 9.17) is 37.0 Å². The lowest BCUT2D eigenvalue weighted by Gasteiger charge is -2.21. The zero-order valence-corrected chi connectivity index (χ0v) is 69.6. The minimum absolute atomic E-state index is 0.106. The van der Waals surface area contributed by atoms with E-state index in [9.17, 15) is 43.2 Å². The van der Waals surface area contributed by atoms with Crippen molar-refractivity contribution in [1.82, 2.24) is 0 Å². The standard InChI is InChI=1S/C84H164O17P2/c1-8-11-12-13-14-15-16-17-18-19-20-21-22-23-28-34-39-44-53-60-67-83(88)100-79(71-94-81(86)65-58-51-43-38-33-27-25-24-26-32-37-42-49-56-63-76(6)9-2)73-98-102(90,91)96-69-78(85)70-97-103(92,93)99-74-80(72-95-82(87)66-59-52-47-46-50-57-64-77(7)10-3)101-84(89)68-61-54-45-40-35-30-29-31-36-41-48-55-62-75(4)5/h75-80,85H,8-74H2,1-7H3,(H,90,91)(H,92,93)/t76?,77?,78-,79-,80-/m1/s1. The molecule has 612 valence electrons. The van der Waals surface area contributed by atoms with Crippen molar-refractivity contribution in [3.8, 4) is 0 Å². The van der Waals surface area contributed by atoms with Gasteiger partial charge < -0.3 is 33.8 Å². The number of phosphoric acid groups is 2. The maximum absolute atomic E-state index is 13.1. The third kappa shape index (κ3) is 75.3. The summed E-state index contributed by atoms with van der Waals surface area (Å²) in [5.74, 6) is 0.249. The van der Waals surface area contributed by atoms with E-state index < -0.39 is 97.5 Å². The minimum Gasteiger partial charge on any atom is -0.462 e. The highest BCUT2D eigenvalue weighted by atomic mass is 31.2. The van der Waals surface area contributed by atoms with Gasteiger partial charge >= 0.3 is 39.5 Å². The van der Waals surface area contributed by atoms with E-state index in [-0.39, 0.29) is 25.7 Å². The lowest BCUT2D eigenvalue weighted by atomic mass is 9.99. The van der Waals surface area contributed by atoms with Crippen LogP contribution >= 0.6 is 15.6 Å². The van der Waals surface area contributed by atoms with Gasteiger partial charge in [0.25, 0.3) is 0 Å². The Hall–Kier alpha value is -1.94. The van der Waals surface area contributed by atoms with Gasteiger partial charge in [-0.05, 0) is 43.4 Å². The second-order valence-corrected chi connectivity index (χ2v) is 34.1. The summed E-state index contributed by atoms with van der Waals surface area (Å²) < 4.78 is 68.8. The van der Waals surface area contributed by atoms with Crippen LogP contribution in [0.15, 0.2) is 0 Å². The molecule has 0 rings (SSSR count). The van der Waals surface area contributed by atoms with Gasteiger partial charge in [0.15, 0.2) is 12.2 Å². The average Bonchev–Trinajstić information content (AvgIpc) is 0.936. The molecule has 0 radical (unpaired) electrons. The van der Waals surface area contributed by atoms with Crippen molar-refractivity contribution >= 4 is 39.5 Å². The molecule has 7 atom stereocenters. The molecule has 0 saturated carbocycles. The normalized spacial score (nSPS) is 14.4. The van der Waals surface area contributed by atoms with Gasteiger partial charge in [-0.3, -0.25) is 37.3 Å². The van der Waals surface area contributed by atoms with E-state index in [1.165, 1.54) is 244 Å². The fourth-order valence-electron chi connectivity index (χ4n) is 13.0. The second-order valence-electron chi connectivity index (χ2n) is 31.2.